The summed E-state index contributed by atoms with van der Waals surface area (Å²) in [4.78, 5) is 39.8. The first-order chi connectivity index (χ1) is 16.3. The Bertz CT molecular complexity index is 1260. The van der Waals surface area contributed by atoms with Crippen molar-refractivity contribution in [3.63, 3.8) is 0 Å². The molecule has 2 heterocycles. The molecular formula is C25H24ClN3O4S. The van der Waals surface area contributed by atoms with Crippen LogP contribution in [0.25, 0.3) is 10.4 Å². The van der Waals surface area contributed by atoms with Gasteiger partial charge in [-0.3, -0.25) is 14.4 Å². The van der Waals surface area contributed by atoms with Crippen LogP contribution in [-0.4, -0.2) is 44.5 Å². The third kappa shape index (κ3) is 5.08. The molecule has 176 valence electrons. The number of halogens is 1. The topological polar surface area (TPSA) is 87.7 Å². The van der Waals surface area contributed by atoms with Gasteiger partial charge in [0.1, 0.15) is 5.75 Å². The van der Waals surface area contributed by atoms with Crippen LogP contribution in [0.4, 0.5) is 5.69 Å². The highest BCUT2D eigenvalue weighted by Gasteiger charge is 2.24. The molecule has 3 aromatic rings. The molecule has 0 bridgehead atoms. The molecule has 4 rings (SSSR count). The molecule has 2 aromatic carbocycles. The van der Waals surface area contributed by atoms with E-state index in [0.717, 1.165) is 16.0 Å². The number of benzene rings is 2. The number of hydrogen-bond donors (Lipinski definition) is 2. The Kier molecular flexibility index (Phi) is 7.19. The highest BCUT2D eigenvalue weighted by Crippen LogP contribution is 2.41. The van der Waals surface area contributed by atoms with Crippen molar-refractivity contribution >= 4 is 46.3 Å². The van der Waals surface area contributed by atoms with E-state index < -0.39 is 0 Å². The molecule has 0 saturated heterocycles. The maximum absolute atomic E-state index is 13.2. The van der Waals surface area contributed by atoms with Gasteiger partial charge in [0.2, 0.25) is 5.91 Å². The fourth-order valence-corrected chi connectivity index (χ4v) is 5.18. The summed E-state index contributed by atoms with van der Waals surface area (Å²) in [5.41, 5.74) is 3.01. The van der Waals surface area contributed by atoms with Gasteiger partial charge < -0.3 is 20.3 Å². The van der Waals surface area contributed by atoms with Crippen LogP contribution in [0, 0.1) is 0 Å². The largest absolute Gasteiger partial charge is 0.493 e. The van der Waals surface area contributed by atoms with Crippen molar-refractivity contribution in [3.05, 3.63) is 69.6 Å². The number of carbonyl (C=O) groups is 3. The molecular weight excluding hydrogens is 474 g/mol. The molecule has 3 amide bonds. The van der Waals surface area contributed by atoms with E-state index in [-0.39, 0.29) is 17.7 Å². The molecule has 0 aliphatic carbocycles. The predicted molar refractivity (Wildman–Crippen MR) is 134 cm³/mol. The maximum Gasteiger partial charge on any atom is 0.268 e. The lowest BCUT2D eigenvalue weighted by molar-refractivity contribution is -0.118. The summed E-state index contributed by atoms with van der Waals surface area (Å²) in [6, 6.07) is 14.5. The van der Waals surface area contributed by atoms with Crippen molar-refractivity contribution in [3.8, 4) is 16.2 Å². The summed E-state index contributed by atoms with van der Waals surface area (Å²) < 4.78 is 5.93. The molecule has 0 radical (unpaired) electrons. The zero-order chi connectivity index (χ0) is 24.2. The first-order valence-corrected chi connectivity index (χ1v) is 12.0. The number of ether oxygens (including phenoxy) is 1. The van der Waals surface area contributed by atoms with Gasteiger partial charge in [0.15, 0.2) is 0 Å². The minimum atomic E-state index is -0.246. The van der Waals surface area contributed by atoms with Gasteiger partial charge in [-0.05, 0) is 42.0 Å². The Morgan fingerprint density at radius 3 is 2.62 bits per heavy atom. The van der Waals surface area contributed by atoms with Crippen LogP contribution in [0.15, 0.2) is 48.5 Å². The Hall–Kier alpha value is -3.36. The van der Waals surface area contributed by atoms with Gasteiger partial charge in [-0.15, -0.1) is 11.3 Å². The van der Waals surface area contributed by atoms with Gasteiger partial charge in [0.05, 0.1) is 22.2 Å². The zero-order valence-electron chi connectivity index (χ0n) is 18.8. The molecule has 1 aliphatic rings. The third-order valence-corrected chi connectivity index (χ3v) is 6.96. The molecule has 1 aromatic heterocycles. The van der Waals surface area contributed by atoms with E-state index >= 15 is 0 Å². The van der Waals surface area contributed by atoms with Crippen LogP contribution < -0.4 is 20.3 Å². The summed E-state index contributed by atoms with van der Waals surface area (Å²) >= 11 is 7.68. The van der Waals surface area contributed by atoms with E-state index in [2.05, 4.69) is 10.6 Å². The average Bonchev–Trinajstić information content (AvgIpc) is 3.17. The first-order valence-electron chi connectivity index (χ1n) is 10.8. The number of carbonyl (C=O) groups excluding carboxylic acids is 3. The first kappa shape index (κ1) is 23.8. The van der Waals surface area contributed by atoms with E-state index in [1.807, 2.05) is 30.3 Å². The van der Waals surface area contributed by atoms with E-state index in [0.29, 0.717) is 53.0 Å². The average molecular weight is 498 g/mol. The molecule has 34 heavy (non-hydrogen) atoms. The lowest BCUT2D eigenvalue weighted by Crippen LogP contribution is -2.33. The molecule has 9 heteroatoms. The Morgan fingerprint density at radius 1 is 1.09 bits per heavy atom. The van der Waals surface area contributed by atoms with Crippen LogP contribution in [0.5, 0.6) is 5.75 Å². The van der Waals surface area contributed by atoms with Gasteiger partial charge in [0, 0.05) is 49.5 Å². The molecule has 0 saturated carbocycles. The van der Waals surface area contributed by atoms with Gasteiger partial charge in [-0.1, -0.05) is 23.7 Å². The minimum Gasteiger partial charge on any atom is -0.493 e. The number of hydrogen-bond acceptors (Lipinski definition) is 5. The summed E-state index contributed by atoms with van der Waals surface area (Å²) in [5, 5.41) is 5.93. The van der Waals surface area contributed by atoms with Gasteiger partial charge in [-0.25, -0.2) is 0 Å². The van der Waals surface area contributed by atoms with Gasteiger partial charge >= 0.3 is 0 Å². The van der Waals surface area contributed by atoms with E-state index in [1.165, 1.54) is 18.3 Å². The van der Waals surface area contributed by atoms with Crippen molar-refractivity contribution < 1.29 is 19.1 Å². The van der Waals surface area contributed by atoms with Crippen LogP contribution in [0.1, 0.15) is 32.5 Å². The zero-order valence-corrected chi connectivity index (χ0v) is 20.4. The fraction of sp³-hybridized carbons (Fsp3) is 0.240. The van der Waals surface area contributed by atoms with Crippen LogP contribution in [0.3, 0.4) is 0 Å². The Morgan fingerprint density at radius 2 is 1.85 bits per heavy atom. The predicted octanol–water partition coefficient (Wildman–Crippen LogP) is 4.15. The lowest BCUT2D eigenvalue weighted by Gasteiger charge is -2.17. The molecule has 1 aliphatic heterocycles. The van der Waals surface area contributed by atoms with Gasteiger partial charge in [-0.2, -0.15) is 0 Å². The normalized spacial score (nSPS) is 12.0. The summed E-state index contributed by atoms with van der Waals surface area (Å²) in [6.07, 6.45) is 0.655. The maximum atomic E-state index is 13.2. The van der Waals surface area contributed by atoms with Crippen molar-refractivity contribution in [2.45, 2.75) is 13.3 Å². The smallest absolute Gasteiger partial charge is 0.268 e. The fourth-order valence-electron chi connectivity index (χ4n) is 3.70. The van der Waals surface area contributed by atoms with Crippen molar-refractivity contribution in [1.82, 2.24) is 10.6 Å². The standard InChI is InChI=1S/C25H24ClN3O4S/c1-15(30)27-10-11-28-24(31)17-7-8-18-21(13-17)33-12-9-16-14-22(34-23(16)18)25(32)29(2)20-6-4-3-5-19(20)26/h3-8,13-14H,9-12H2,1-2H3,(H,27,30)(H,28,31). The van der Waals surface area contributed by atoms with Crippen LogP contribution in [-0.2, 0) is 11.2 Å². The number of amides is 3. The number of nitrogens with zero attached hydrogens (tertiary/aromatic N) is 1. The summed E-state index contributed by atoms with van der Waals surface area (Å²) in [5.74, 6) is 0.0809. The molecule has 0 unspecified atom stereocenters. The monoisotopic (exact) mass is 497 g/mol. The van der Waals surface area contributed by atoms with E-state index in [4.69, 9.17) is 16.3 Å². The Labute approximate surface area is 206 Å². The second-order valence-corrected chi connectivity index (χ2v) is 9.29. The number of anilines is 1. The number of para-hydroxylation sites is 1. The minimum absolute atomic E-state index is 0.135. The third-order valence-electron chi connectivity index (χ3n) is 5.44. The molecule has 2 N–H and O–H groups in total. The second kappa shape index (κ2) is 10.3. The Balaban J connectivity index is 1.55. The van der Waals surface area contributed by atoms with Crippen molar-refractivity contribution in [2.24, 2.45) is 0 Å². The molecule has 0 atom stereocenters. The van der Waals surface area contributed by atoms with Gasteiger partial charge in [0.25, 0.3) is 11.8 Å². The van der Waals surface area contributed by atoms with Crippen LogP contribution in [0.2, 0.25) is 5.02 Å². The van der Waals surface area contributed by atoms with E-state index in [1.54, 1.807) is 30.1 Å². The van der Waals surface area contributed by atoms with E-state index in [9.17, 15) is 14.4 Å². The number of rotatable bonds is 6. The molecule has 7 nitrogen and oxygen atoms in total. The SMILES string of the molecule is CC(=O)NCCNC(=O)c1ccc2c(c1)OCCc1cc(C(=O)N(C)c3ccccc3Cl)sc1-2. The number of thiophene rings is 1. The van der Waals surface area contributed by atoms with Crippen LogP contribution >= 0.6 is 22.9 Å². The van der Waals surface area contributed by atoms with Crippen molar-refractivity contribution in [2.75, 3.05) is 31.6 Å². The molecule has 0 fully saturated rings. The van der Waals surface area contributed by atoms with Crippen molar-refractivity contribution in [1.29, 1.82) is 0 Å². The second-order valence-electron chi connectivity index (χ2n) is 7.83. The quantitative estimate of drug-likeness (QED) is 0.501. The highest BCUT2D eigenvalue weighted by molar-refractivity contribution is 7.17. The number of nitrogens with one attached hydrogen (secondary N) is 2. The highest BCUT2D eigenvalue weighted by atomic mass is 35.5. The number of fused-ring (bicyclic) bond motifs is 3. The lowest BCUT2D eigenvalue weighted by atomic mass is 10.0. The molecule has 0 spiro atoms. The summed E-state index contributed by atoms with van der Waals surface area (Å²) in [6.45, 7) is 2.56. The summed E-state index contributed by atoms with van der Waals surface area (Å²) in [7, 11) is 1.71.